The molecule has 1 aliphatic heterocycles. The number of aromatic amines is 1. The highest BCUT2D eigenvalue weighted by atomic mass is 19.1. The van der Waals surface area contributed by atoms with Gasteiger partial charge >= 0.3 is 0 Å². The molecule has 1 saturated heterocycles. The van der Waals surface area contributed by atoms with Gasteiger partial charge in [0.1, 0.15) is 23.4 Å². The van der Waals surface area contributed by atoms with Crippen molar-refractivity contribution in [2.75, 3.05) is 13.1 Å². The molecule has 1 fully saturated rings. The second-order valence-corrected chi connectivity index (χ2v) is 7.34. The van der Waals surface area contributed by atoms with Crippen molar-refractivity contribution in [1.82, 2.24) is 19.9 Å². The van der Waals surface area contributed by atoms with Crippen molar-refractivity contribution in [1.29, 1.82) is 0 Å². The van der Waals surface area contributed by atoms with Crippen LogP contribution in [0.15, 0.2) is 42.6 Å². The van der Waals surface area contributed by atoms with Crippen molar-refractivity contribution >= 4 is 5.91 Å². The molecule has 1 amide bonds. The minimum atomic E-state index is -0.283. The number of piperidine rings is 1. The van der Waals surface area contributed by atoms with Crippen molar-refractivity contribution in [2.45, 2.75) is 32.8 Å². The lowest BCUT2D eigenvalue weighted by Crippen LogP contribution is -2.44. The van der Waals surface area contributed by atoms with E-state index in [4.69, 9.17) is 4.74 Å². The molecule has 7 heteroatoms. The van der Waals surface area contributed by atoms with E-state index in [1.807, 2.05) is 19.9 Å². The summed E-state index contributed by atoms with van der Waals surface area (Å²) in [6.45, 7) is 4.93. The molecule has 1 N–H and O–H groups in total. The first-order valence-electron chi connectivity index (χ1n) is 9.70. The number of hydrogen-bond donors (Lipinski definition) is 1. The number of aromatic nitrogens is 3. The van der Waals surface area contributed by atoms with Crippen LogP contribution >= 0.6 is 0 Å². The average Bonchev–Trinajstić information content (AvgIpc) is 3.17. The Labute approximate surface area is 168 Å². The van der Waals surface area contributed by atoms with E-state index in [1.165, 1.54) is 12.1 Å². The van der Waals surface area contributed by atoms with Crippen LogP contribution in [0.2, 0.25) is 0 Å². The number of amides is 1. The van der Waals surface area contributed by atoms with Crippen molar-refractivity contribution in [2.24, 2.45) is 0 Å². The molecule has 3 aromatic rings. The molecule has 1 atom stereocenters. The number of hydrogen-bond acceptors (Lipinski definition) is 4. The fraction of sp³-hybridized carbons (Fsp3) is 0.318. The Morgan fingerprint density at radius 1 is 1.17 bits per heavy atom. The van der Waals surface area contributed by atoms with Gasteiger partial charge in [0, 0.05) is 24.5 Å². The molecule has 0 saturated carbocycles. The lowest BCUT2D eigenvalue weighted by atomic mass is 10.1. The Kier molecular flexibility index (Phi) is 5.29. The summed E-state index contributed by atoms with van der Waals surface area (Å²) in [5.74, 6) is 0.868. The van der Waals surface area contributed by atoms with Crippen molar-refractivity contribution in [3.8, 4) is 17.0 Å². The molecule has 6 nitrogen and oxygen atoms in total. The van der Waals surface area contributed by atoms with Gasteiger partial charge in [0.25, 0.3) is 5.91 Å². The molecule has 0 aliphatic carbocycles. The first kappa shape index (κ1) is 19.1. The van der Waals surface area contributed by atoms with Crippen LogP contribution < -0.4 is 4.74 Å². The summed E-state index contributed by atoms with van der Waals surface area (Å²) < 4.78 is 19.2. The Bertz CT molecular complexity index is 996. The summed E-state index contributed by atoms with van der Waals surface area (Å²) in [5.41, 5.74) is 3.08. The smallest absolute Gasteiger partial charge is 0.270 e. The molecule has 1 aliphatic rings. The first-order chi connectivity index (χ1) is 14.0. The number of benzene rings is 1. The molecule has 0 radical (unpaired) electrons. The molecule has 4 rings (SSSR count). The maximum Gasteiger partial charge on any atom is 0.270 e. The number of H-pyrrole nitrogens is 1. The number of halogens is 1. The third kappa shape index (κ3) is 4.45. The lowest BCUT2D eigenvalue weighted by molar-refractivity contribution is 0.0522. The third-order valence-electron chi connectivity index (χ3n) is 4.99. The van der Waals surface area contributed by atoms with E-state index in [2.05, 4.69) is 15.0 Å². The van der Waals surface area contributed by atoms with Crippen LogP contribution in [0.25, 0.3) is 11.1 Å². The summed E-state index contributed by atoms with van der Waals surface area (Å²) in [5, 5.41) is 0. The fourth-order valence-electron chi connectivity index (χ4n) is 3.63. The molecule has 0 spiro atoms. The van der Waals surface area contributed by atoms with Gasteiger partial charge in [-0.05, 0) is 56.0 Å². The minimum absolute atomic E-state index is 0.0679. The highest BCUT2D eigenvalue weighted by Crippen LogP contribution is 2.23. The minimum Gasteiger partial charge on any atom is -0.472 e. The van der Waals surface area contributed by atoms with Crippen LogP contribution in [0, 0.1) is 19.7 Å². The highest BCUT2D eigenvalue weighted by molar-refractivity contribution is 5.94. The average molecular weight is 394 g/mol. The van der Waals surface area contributed by atoms with Crippen molar-refractivity contribution in [3.05, 3.63) is 65.6 Å². The van der Waals surface area contributed by atoms with Gasteiger partial charge in [-0.15, -0.1) is 0 Å². The maximum atomic E-state index is 13.1. The molecule has 1 aromatic carbocycles. The molecular weight excluding hydrogens is 371 g/mol. The van der Waals surface area contributed by atoms with Crippen LogP contribution in [-0.2, 0) is 0 Å². The largest absolute Gasteiger partial charge is 0.472 e. The van der Waals surface area contributed by atoms with E-state index < -0.39 is 0 Å². The molecule has 3 heterocycles. The second-order valence-electron chi connectivity index (χ2n) is 7.34. The molecule has 0 bridgehead atoms. The number of ether oxygens (including phenoxy) is 1. The Morgan fingerprint density at radius 2 is 1.97 bits per heavy atom. The van der Waals surface area contributed by atoms with Gasteiger partial charge in [0.05, 0.1) is 6.54 Å². The van der Waals surface area contributed by atoms with Crippen LogP contribution in [0.3, 0.4) is 0 Å². The van der Waals surface area contributed by atoms with E-state index in [9.17, 15) is 9.18 Å². The van der Waals surface area contributed by atoms with Crippen LogP contribution in [-0.4, -0.2) is 45.0 Å². The number of likely N-dealkylation sites (tertiary alicyclic amines) is 1. The third-order valence-corrected chi connectivity index (χ3v) is 4.99. The topological polar surface area (TPSA) is 71.1 Å². The van der Waals surface area contributed by atoms with Crippen LogP contribution in [0.1, 0.15) is 34.8 Å². The highest BCUT2D eigenvalue weighted by Gasteiger charge is 2.27. The normalized spacial score (nSPS) is 16.7. The van der Waals surface area contributed by atoms with E-state index in [-0.39, 0.29) is 17.8 Å². The van der Waals surface area contributed by atoms with E-state index >= 15 is 0 Å². The number of rotatable bonds is 4. The summed E-state index contributed by atoms with van der Waals surface area (Å²) in [7, 11) is 0. The number of carbonyl (C=O) groups is 1. The monoisotopic (exact) mass is 394 g/mol. The lowest BCUT2D eigenvalue weighted by Gasteiger charge is -2.32. The first-order valence-corrected chi connectivity index (χ1v) is 9.70. The van der Waals surface area contributed by atoms with E-state index in [0.717, 1.165) is 29.7 Å². The second kappa shape index (κ2) is 8.03. The van der Waals surface area contributed by atoms with E-state index in [1.54, 1.807) is 29.3 Å². The number of nitrogens with one attached hydrogen (secondary N) is 1. The summed E-state index contributed by atoms with van der Waals surface area (Å²) in [6.07, 6.45) is 3.40. The summed E-state index contributed by atoms with van der Waals surface area (Å²) in [4.78, 5) is 26.4. The van der Waals surface area contributed by atoms with Gasteiger partial charge in [-0.1, -0.05) is 12.1 Å². The van der Waals surface area contributed by atoms with Gasteiger partial charge in [-0.25, -0.2) is 9.37 Å². The van der Waals surface area contributed by atoms with Gasteiger partial charge in [-0.3, -0.25) is 4.79 Å². The summed E-state index contributed by atoms with van der Waals surface area (Å²) in [6, 6.07) is 9.83. The standard InChI is InChI=1S/C22H23FN4O2/c1-14-10-21(26-15(2)25-14)29-19-4-3-9-27(13-19)22(28)20-11-17(12-24-20)16-5-7-18(23)8-6-16/h5-8,10-12,19,24H,3-4,9,13H2,1-2H3/t19-/m0/s1. The van der Waals surface area contributed by atoms with Crippen molar-refractivity contribution in [3.63, 3.8) is 0 Å². The molecule has 150 valence electrons. The number of nitrogens with zero attached hydrogens (tertiary/aromatic N) is 3. The quantitative estimate of drug-likeness (QED) is 0.728. The Hall–Kier alpha value is -3.22. The van der Waals surface area contributed by atoms with E-state index in [0.29, 0.717) is 30.5 Å². The van der Waals surface area contributed by atoms with Crippen LogP contribution in [0.4, 0.5) is 4.39 Å². The molecule has 2 aromatic heterocycles. The fourth-order valence-corrected chi connectivity index (χ4v) is 3.63. The van der Waals surface area contributed by atoms with Gasteiger partial charge < -0.3 is 14.6 Å². The zero-order valence-corrected chi connectivity index (χ0v) is 16.5. The SMILES string of the molecule is Cc1cc(O[C@H]2CCCN(C(=O)c3cc(-c4ccc(F)cc4)c[nH]3)C2)nc(C)n1. The zero-order valence-electron chi connectivity index (χ0n) is 16.5. The number of aryl methyl sites for hydroxylation is 2. The molecule has 29 heavy (non-hydrogen) atoms. The summed E-state index contributed by atoms with van der Waals surface area (Å²) >= 11 is 0. The number of carbonyl (C=O) groups excluding carboxylic acids is 1. The predicted molar refractivity (Wildman–Crippen MR) is 107 cm³/mol. The van der Waals surface area contributed by atoms with Gasteiger partial charge in [0.2, 0.25) is 5.88 Å². The predicted octanol–water partition coefficient (Wildman–Crippen LogP) is 3.91. The van der Waals surface area contributed by atoms with Crippen molar-refractivity contribution < 1.29 is 13.9 Å². The van der Waals surface area contributed by atoms with Gasteiger partial charge in [-0.2, -0.15) is 4.98 Å². The Morgan fingerprint density at radius 3 is 2.72 bits per heavy atom. The zero-order chi connectivity index (χ0) is 20.4. The van der Waals surface area contributed by atoms with Crippen LogP contribution in [0.5, 0.6) is 5.88 Å². The molecule has 0 unspecified atom stereocenters. The Balaban J connectivity index is 1.44. The maximum absolute atomic E-state index is 13.1. The molecular formula is C22H23FN4O2. The van der Waals surface area contributed by atoms with Gasteiger partial charge in [0.15, 0.2) is 0 Å².